The van der Waals surface area contributed by atoms with E-state index in [1.807, 2.05) is 0 Å². The Balaban J connectivity index is 1.93. The monoisotopic (exact) mass is 674 g/mol. The van der Waals surface area contributed by atoms with Crippen LogP contribution in [0.1, 0.15) is 32.8 Å². The molecule has 0 bridgehead atoms. The number of methoxy groups -OCH3 is 4. The van der Waals surface area contributed by atoms with Crippen LogP contribution in [0.2, 0.25) is 10.0 Å². The van der Waals surface area contributed by atoms with Crippen LogP contribution in [0.5, 0.6) is 23.0 Å². The van der Waals surface area contributed by atoms with Crippen LogP contribution in [0.4, 0.5) is 8.78 Å². The molecule has 6 nitrogen and oxygen atoms in total. The second kappa shape index (κ2) is 14.8. The van der Waals surface area contributed by atoms with Crippen molar-refractivity contribution in [2.24, 2.45) is 0 Å². The summed E-state index contributed by atoms with van der Waals surface area (Å²) in [7, 11) is 1.29. The highest BCUT2D eigenvalue weighted by molar-refractivity contribution is 7.92. The summed E-state index contributed by atoms with van der Waals surface area (Å²) in [5.74, 6) is -0.551. The highest BCUT2D eigenvalue weighted by Crippen LogP contribution is 2.41. The molecule has 0 aliphatic carbocycles. The highest BCUT2D eigenvalue weighted by Gasteiger charge is 2.34. The topological polar surface area (TPSA) is 71.1 Å². The number of hydrogen-bond donors (Lipinski definition) is 0. The van der Waals surface area contributed by atoms with E-state index in [0.29, 0.717) is 32.3 Å². The van der Waals surface area contributed by atoms with Crippen molar-refractivity contribution < 1.29 is 36.1 Å². The standard InChI is InChI=1S/C34H30Cl2F2O6S/c1-41-29-17-25(37)18-30(42-2)27(29)13-15-33(21-5-9-23(35)10-6-21)45(39,40)34(22-7-11-24(36)12-8-22)16-14-28-31(43-3)19-26(38)20-32(28)44-4/h5-20,33-34H,1-4H3/b15-13+,16-14+. The van der Waals surface area contributed by atoms with Crippen LogP contribution in [-0.2, 0) is 9.84 Å². The minimum Gasteiger partial charge on any atom is -0.496 e. The van der Waals surface area contributed by atoms with E-state index in [0.717, 1.165) is 0 Å². The molecule has 0 N–H and O–H groups in total. The van der Waals surface area contributed by atoms with Gasteiger partial charge in [0, 0.05) is 34.3 Å². The van der Waals surface area contributed by atoms with Crippen molar-refractivity contribution in [2.45, 2.75) is 10.5 Å². The Morgan fingerprint density at radius 2 is 0.867 bits per heavy atom. The fourth-order valence-electron chi connectivity index (χ4n) is 4.79. The molecule has 0 heterocycles. The molecule has 0 aliphatic rings. The number of rotatable bonds is 12. The predicted octanol–water partition coefficient (Wildman–Crippen LogP) is 8.93. The van der Waals surface area contributed by atoms with Crippen molar-refractivity contribution >= 4 is 45.2 Å². The molecule has 236 valence electrons. The molecular weight excluding hydrogens is 645 g/mol. The van der Waals surface area contributed by atoms with Gasteiger partial charge in [-0.25, -0.2) is 17.2 Å². The molecule has 0 fully saturated rings. The SMILES string of the molecule is COc1cc(F)cc(OC)c1/C=C/C(c1ccc(Cl)cc1)S(=O)(=O)C(/C=C/c1c(OC)cc(F)cc1OC)c1ccc(Cl)cc1. The van der Waals surface area contributed by atoms with Gasteiger partial charge in [-0.05, 0) is 47.5 Å². The summed E-state index contributed by atoms with van der Waals surface area (Å²) in [5, 5.41) is -1.64. The van der Waals surface area contributed by atoms with Gasteiger partial charge in [-0.3, -0.25) is 0 Å². The number of halogens is 4. The second-order valence-electron chi connectivity index (χ2n) is 9.70. The maximum atomic E-state index is 14.8. The summed E-state index contributed by atoms with van der Waals surface area (Å²) in [4.78, 5) is 0. The van der Waals surface area contributed by atoms with E-state index in [2.05, 4.69) is 0 Å². The van der Waals surface area contributed by atoms with Gasteiger partial charge in [0.1, 0.15) is 45.1 Å². The minimum atomic E-state index is -4.20. The first-order valence-corrected chi connectivity index (χ1v) is 15.8. The Kier molecular flexibility index (Phi) is 11.1. The van der Waals surface area contributed by atoms with Crippen molar-refractivity contribution in [2.75, 3.05) is 28.4 Å². The maximum absolute atomic E-state index is 14.8. The zero-order valence-electron chi connectivity index (χ0n) is 24.8. The van der Waals surface area contributed by atoms with E-state index in [4.69, 9.17) is 42.1 Å². The molecule has 0 saturated carbocycles. The van der Waals surface area contributed by atoms with Crippen LogP contribution in [0.3, 0.4) is 0 Å². The zero-order chi connectivity index (χ0) is 32.7. The lowest BCUT2D eigenvalue weighted by Gasteiger charge is -2.22. The third kappa shape index (κ3) is 7.79. The van der Waals surface area contributed by atoms with Gasteiger partial charge < -0.3 is 18.9 Å². The van der Waals surface area contributed by atoms with Crippen molar-refractivity contribution in [3.05, 3.63) is 129 Å². The Hall–Kier alpha value is -4.05. The Morgan fingerprint density at radius 1 is 0.578 bits per heavy atom. The van der Waals surface area contributed by atoms with Crippen LogP contribution in [-0.4, -0.2) is 36.9 Å². The predicted molar refractivity (Wildman–Crippen MR) is 174 cm³/mol. The first-order valence-electron chi connectivity index (χ1n) is 13.5. The van der Waals surface area contributed by atoms with Gasteiger partial charge in [-0.1, -0.05) is 59.6 Å². The van der Waals surface area contributed by atoms with Crippen molar-refractivity contribution in [3.8, 4) is 23.0 Å². The maximum Gasteiger partial charge on any atom is 0.171 e. The molecule has 4 aromatic rings. The number of ether oxygens (including phenoxy) is 4. The van der Waals surface area contributed by atoms with E-state index in [9.17, 15) is 17.2 Å². The molecule has 2 unspecified atom stereocenters. The lowest BCUT2D eigenvalue weighted by Crippen LogP contribution is -2.19. The average molecular weight is 676 g/mol. The smallest absolute Gasteiger partial charge is 0.171 e. The number of sulfone groups is 1. The lowest BCUT2D eigenvalue weighted by atomic mass is 10.1. The Labute approximate surface area is 271 Å². The lowest BCUT2D eigenvalue weighted by molar-refractivity contribution is 0.386. The molecule has 0 amide bonds. The summed E-state index contributed by atoms with van der Waals surface area (Å²) < 4.78 is 79.4. The summed E-state index contributed by atoms with van der Waals surface area (Å²) in [6.45, 7) is 0. The molecule has 0 spiro atoms. The quantitative estimate of drug-likeness (QED) is 0.149. The fourth-order valence-corrected chi connectivity index (χ4v) is 7.03. The van der Waals surface area contributed by atoms with E-state index >= 15 is 0 Å². The molecule has 2 atom stereocenters. The summed E-state index contributed by atoms with van der Waals surface area (Å²) >= 11 is 12.3. The fraction of sp³-hybridized carbons (Fsp3) is 0.176. The van der Waals surface area contributed by atoms with Gasteiger partial charge in [0.15, 0.2) is 9.84 Å². The van der Waals surface area contributed by atoms with Gasteiger partial charge in [-0.2, -0.15) is 0 Å². The van der Waals surface area contributed by atoms with Gasteiger partial charge >= 0.3 is 0 Å². The molecular formula is C34H30Cl2F2O6S. The Bertz CT molecular complexity index is 1630. The summed E-state index contributed by atoms with van der Waals surface area (Å²) in [5.41, 5.74) is 1.52. The molecule has 0 aromatic heterocycles. The molecule has 0 radical (unpaired) electrons. The summed E-state index contributed by atoms with van der Waals surface area (Å²) in [6.07, 6.45) is 5.99. The number of benzene rings is 4. The molecule has 4 rings (SSSR count). The first-order chi connectivity index (χ1) is 21.5. The Morgan fingerprint density at radius 3 is 1.13 bits per heavy atom. The normalized spacial score (nSPS) is 13.2. The molecule has 45 heavy (non-hydrogen) atoms. The number of hydrogen-bond acceptors (Lipinski definition) is 6. The van der Waals surface area contributed by atoms with Gasteiger partial charge in [-0.15, -0.1) is 0 Å². The van der Waals surface area contributed by atoms with Crippen molar-refractivity contribution in [1.29, 1.82) is 0 Å². The minimum absolute atomic E-state index is 0.153. The van der Waals surface area contributed by atoms with Gasteiger partial charge in [0.2, 0.25) is 0 Å². The third-order valence-electron chi connectivity index (χ3n) is 7.00. The zero-order valence-corrected chi connectivity index (χ0v) is 27.1. The highest BCUT2D eigenvalue weighted by atomic mass is 35.5. The first kappa shape index (κ1) is 33.8. The van der Waals surface area contributed by atoms with Crippen LogP contribution in [0.15, 0.2) is 84.9 Å². The average Bonchev–Trinajstić information content (AvgIpc) is 3.02. The van der Waals surface area contributed by atoms with Crippen LogP contribution in [0.25, 0.3) is 12.2 Å². The van der Waals surface area contributed by atoms with Gasteiger partial charge in [0.05, 0.1) is 39.6 Å². The van der Waals surface area contributed by atoms with Crippen LogP contribution < -0.4 is 18.9 Å². The van der Waals surface area contributed by atoms with E-state index in [1.54, 1.807) is 48.5 Å². The third-order valence-corrected chi connectivity index (χ3v) is 9.78. The summed E-state index contributed by atoms with van der Waals surface area (Å²) in [6, 6.07) is 17.5. The molecule has 0 aliphatic heterocycles. The van der Waals surface area contributed by atoms with E-state index in [1.165, 1.54) is 77.0 Å². The van der Waals surface area contributed by atoms with Crippen molar-refractivity contribution in [1.82, 2.24) is 0 Å². The van der Waals surface area contributed by atoms with Gasteiger partial charge in [0.25, 0.3) is 0 Å². The van der Waals surface area contributed by atoms with E-state index < -0.39 is 32.0 Å². The molecule has 4 aromatic carbocycles. The second-order valence-corrected chi connectivity index (χ2v) is 12.8. The van der Waals surface area contributed by atoms with Crippen LogP contribution in [0, 0.1) is 11.6 Å². The largest absolute Gasteiger partial charge is 0.496 e. The molecule has 0 saturated heterocycles. The molecule has 11 heteroatoms. The van der Waals surface area contributed by atoms with Crippen LogP contribution >= 0.6 is 23.2 Å². The van der Waals surface area contributed by atoms with E-state index in [-0.39, 0.29) is 23.0 Å². The van der Waals surface area contributed by atoms with Crippen molar-refractivity contribution in [3.63, 3.8) is 0 Å².